The number of carbonyl (C=O) groups is 6. The first kappa shape index (κ1) is 33.8. The summed E-state index contributed by atoms with van der Waals surface area (Å²) in [7, 11) is 0. The fourth-order valence-corrected chi connectivity index (χ4v) is 5.20. The third-order valence-corrected chi connectivity index (χ3v) is 7.50. The first-order chi connectivity index (χ1) is 21.8. The van der Waals surface area contributed by atoms with Crippen LogP contribution in [0.3, 0.4) is 0 Å². The molecule has 2 atom stereocenters. The molecule has 17 heteroatoms. The Hall–Kier alpha value is -5.09. The third kappa shape index (κ3) is 8.13. The SMILES string of the molecule is CCOC(=O)N1CCN(C(=O)C(CCC(=O)O)NC(=O)c2cc(OCC(=O)N3CC(F)(F)C[C@H]3C(=O)O)c3ccccc3n2)CC1. The molecule has 4 amide bonds. The highest BCUT2D eigenvalue weighted by Crippen LogP contribution is 2.32. The molecule has 0 bridgehead atoms. The zero-order chi connectivity index (χ0) is 33.6. The molecule has 0 aliphatic carbocycles. The lowest BCUT2D eigenvalue weighted by Crippen LogP contribution is -2.56. The summed E-state index contributed by atoms with van der Waals surface area (Å²) in [5.41, 5.74) is -0.00487. The molecule has 0 spiro atoms. The quantitative estimate of drug-likeness (QED) is 0.316. The summed E-state index contributed by atoms with van der Waals surface area (Å²) in [6, 6.07) is 4.54. The first-order valence-electron chi connectivity index (χ1n) is 14.5. The molecule has 46 heavy (non-hydrogen) atoms. The van der Waals surface area contributed by atoms with Gasteiger partial charge in [-0.25, -0.2) is 23.4 Å². The molecule has 1 unspecified atom stereocenters. The van der Waals surface area contributed by atoms with Crippen LogP contribution in [0.1, 0.15) is 36.7 Å². The number of carbonyl (C=O) groups excluding carboxylic acids is 4. The van der Waals surface area contributed by atoms with Gasteiger partial charge in [-0.05, 0) is 25.5 Å². The number of carboxylic acids is 2. The van der Waals surface area contributed by atoms with E-state index >= 15 is 0 Å². The van der Waals surface area contributed by atoms with E-state index in [2.05, 4.69) is 10.3 Å². The summed E-state index contributed by atoms with van der Waals surface area (Å²) < 4.78 is 38.4. The summed E-state index contributed by atoms with van der Waals surface area (Å²) in [5, 5.41) is 21.4. The predicted molar refractivity (Wildman–Crippen MR) is 153 cm³/mol. The van der Waals surface area contributed by atoms with Crippen LogP contribution in [-0.2, 0) is 23.9 Å². The number of alkyl halides is 2. The number of benzene rings is 1. The Morgan fingerprint density at radius 3 is 2.39 bits per heavy atom. The lowest BCUT2D eigenvalue weighted by atomic mass is 10.1. The zero-order valence-electron chi connectivity index (χ0n) is 24.8. The van der Waals surface area contributed by atoms with E-state index in [0.717, 1.165) is 0 Å². The van der Waals surface area contributed by atoms with Gasteiger partial charge in [0, 0.05) is 50.5 Å². The van der Waals surface area contributed by atoms with E-state index in [1.54, 1.807) is 31.2 Å². The molecule has 1 aromatic heterocycles. The summed E-state index contributed by atoms with van der Waals surface area (Å²) in [6.45, 7) is 0.575. The van der Waals surface area contributed by atoms with Crippen molar-refractivity contribution in [1.82, 2.24) is 25.0 Å². The number of hydrogen-bond acceptors (Lipinski definition) is 9. The number of nitrogens with one attached hydrogen (secondary N) is 1. The fourth-order valence-electron chi connectivity index (χ4n) is 5.20. The van der Waals surface area contributed by atoms with Gasteiger partial charge in [-0.3, -0.25) is 19.2 Å². The normalized spacial score (nSPS) is 18.2. The van der Waals surface area contributed by atoms with Gasteiger partial charge >= 0.3 is 18.0 Å². The number of aromatic nitrogens is 1. The number of pyridine rings is 1. The van der Waals surface area contributed by atoms with Gasteiger partial charge in [0.1, 0.15) is 23.5 Å². The van der Waals surface area contributed by atoms with Gasteiger partial charge in [-0.15, -0.1) is 0 Å². The number of carboxylic acid groups (broad SMARTS) is 2. The maximum absolute atomic E-state index is 13.9. The van der Waals surface area contributed by atoms with Gasteiger partial charge in [0.05, 0.1) is 18.7 Å². The Labute approximate surface area is 261 Å². The summed E-state index contributed by atoms with van der Waals surface area (Å²) in [6.07, 6.45) is -2.23. The lowest BCUT2D eigenvalue weighted by Gasteiger charge is -2.35. The Kier molecular flexibility index (Phi) is 10.5. The summed E-state index contributed by atoms with van der Waals surface area (Å²) in [4.78, 5) is 82.0. The smallest absolute Gasteiger partial charge is 0.409 e. The van der Waals surface area contributed by atoms with Crippen molar-refractivity contribution >= 4 is 46.7 Å². The minimum absolute atomic E-state index is 0.0366. The van der Waals surface area contributed by atoms with E-state index in [9.17, 15) is 47.8 Å². The number of para-hydroxylation sites is 1. The average Bonchev–Trinajstić information content (AvgIpc) is 3.37. The number of ether oxygens (including phenoxy) is 2. The largest absolute Gasteiger partial charge is 0.483 e. The highest BCUT2D eigenvalue weighted by atomic mass is 19.3. The minimum atomic E-state index is -3.38. The molecule has 2 aliphatic rings. The van der Waals surface area contributed by atoms with Crippen LogP contribution in [0, 0.1) is 0 Å². The third-order valence-electron chi connectivity index (χ3n) is 7.50. The topological polar surface area (TPSA) is 196 Å². The van der Waals surface area contributed by atoms with E-state index in [1.165, 1.54) is 15.9 Å². The molecule has 248 valence electrons. The van der Waals surface area contributed by atoms with Gasteiger partial charge in [-0.2, -0.15) is 0 Å². The van der Waals surface area contributed by atoms with Crippen molar-refractivity contribution in [2.45, 2.75) is 44.2 Å². The molecule has 1 aromatic carbocycles. The van der Waals surface area contributed by atoms with E-state index < -0.39 is 79.8 Å². The molecule has 2 fully saturated rings. The maximum Gasteiger partial charge on any atom is 0.409 e. The van der Waals surface area contributed by atoms with Gasteiger partial charge in [0.2, 0.25) is 5.91 Å². The van der Waals surface area contributed by atoms with E-state index in [-0.39, 0.29) is 56.2 Å². The molecule has 2 aromatic rings. The predicted octanol–water partition coefficient (Wildman–Crippen LogP) is 1.20. The number of rotatable bonds is 11. The highest BCUT2D eigenvalue weighted by Gasteiger charge is 2.50. The number of fused-ring (bicyclic) bond motifs is 1. The lowest BCUT2D eigenvalue weighted by molar-refractivity contribution is -0.149. The number of nitrogens with zero attached hydrogens (tertiary/aromatic N) is 4. The molecular formula is C29H33F2N5O10. The number of amides is 4. The second-order valence-electron chi connectivity index (χ2n) is 10.7. The van der Waals surface area contributed by atoms with Crippen molar-refractivity contribution < 1.29 is 57.2 Å². The summed E-state index contributed by atoms with van der Waals surface area (Å²) in [5.74, 6) is -8.60. The molecule has 0 radical (unpaired) electrons. The maximum atomic E-state index is 13.9. The molecular weight excluding hydrogens is 616 g/mol. The van der Waals surface area contributed by atoms with E-state index in [0.29, 0.717) is 10.3 Å². The Bertz CT molecular complexity index is 1510. The van der Waals surface area contributed by atoms with Crippen LogP contribution in [0.15, 0.2) is 30.3 Å². The van der Waals surface area contributed by atoms with Crippen LogP contribution < -0.4 is 10.1 Å². The van der Waals surface area contributed by atoms with Crippen LogP contribution in [0.5, 0.6) is 5.75 Å². The number of halogens is 2. The molecule has 0 saturated carbocycles. The second kappa shape index (κ2) is 14.3. The van der Waals surface area contributed by atoms with Gasteiger partial charge < -0.3 is 39.7 Å². The molecule has 2 saturated heterocycles. The molecule has 15 nitrogen and oxygen atoms in total. The zero-order valence-corrected chi connectivity index (χ0v) is 24.8. The first-order valence-corrected chi connectivity index (χ1v) is 14.5. The van der Waals surface area contributed by atoms with Crippen molar-refractivity contribution in [3.8, 4) is 5.75 Å². The highest BCUT2D eigenvalue weighted by molar-refractivity contribution is 5.99. The Morgan fingerprint density at radius 1 is 1.07 bits per heavy atom. The number of hydrogen-bond donors (Lipinski definition) is 3. The van der Waals surface area contributed by atoms with Crippen molar-refractivity contribution in [2.24, 2.45) is 0 Å². The van der Waals surface area contributed by atoms with Gasteiger partial charge in [0.15, 0.2) is 6.61 Å². The molecule has 2 aliphatic heterocycles. The van der Waals surface area contributed by atoms with Crippen molar-refractivity contribution in [3.05, 3.63) is 36.0 Å². The molecule has 3 heterocycles. The van der Waals surface area contributed by atoms with Crippen LogP contribution in [0.2, 0.25) is 0 Å². The van der Waals surface area contributed by atoms with Crippen LogP contribution in [0.4, 0.5) is 13.6 Å². The van der Waals surface area contributed by atoms with Crippen molar-refractivity contribution in [2.75, 3.05) is 45.9 Å². The van der Waals surface area contributed by atoms with Gasteiger partial charge in [0.25, 0.3) is 17.7 Å². The van der Waals surface area contributed by atoms with E-state index in [4.69, 9.17) is 9.47 Å². The van der Waals surface area contributed by atoms with Crippen molar-refractivity contribution in [3.63, 3.8) is 0 Å². The average molecular weight is 650 g/mol. The number of likely N-dealkylation sites (tertiary alicyclic amines) is 1. The van der Waals surface area contributed by atoms with Crippen LogP contribution >= 0.6 is 0 Å². The van der Waals surface area contributed by atoms with Crippen LogP contribution in [-0.4, -0.2) is 130 Å². The monoisotopic (exact) mass is 649 g/mol. The second-order valence-corrected chi connectivity index (χ2v) is 10.7. The minimum Gasteiger partial charge on any atom is -0.483 e. The Balaban J connectivity index is 1.50. The summed E-state index contributed by atoms with van der Waals surface area (Å²) >= 11 is 0. The van der Waals surface area contributed by atoms with E-state index in [1.807, 2.05) is 0 Å². The van der Waals surface area contributed by atoms with Gasteiger partial charge in [-0.1, -0.05) is 12.1 Å². The number of aliphatic carboxylic acids is 2. The molecule has 3 N–H and O–H groups in total. The van der Waals surface area contributed by atoms with Crippen molar-refractivity contribution in [1.29, 1.82) is 0 Å². The standard InChI is InChI=1S/C29H33F2N5O10/c1-2-45-28(44)35-11-9-34(10-12-35)26(41)19(7-8-24(38)39)33-25(40)20-13-22(17-5-3-4-6-18(17)32-20)46-15-23(37)36-16-29(30,31)14-21(36)27(42)43/h3-6,13,19,21H,2,7-12,14-16H2,1H3,(H,33,40)(H,38,39)(H,42,43)/t19?,21-/m0/s1. The van der Waals surface area contributed by atoms with Crippen LogP contribution in [0.25, 0.3) is 10.9 Å². The fraction of sp³-hybridized carbons (Fsp3) is 0.483. The Morgan fingerprint density at radius 2 is 1.74 bits per heavy atom. The number of piperazine rings is 1. The molecule has 4 rings (SSSR count).